The third-order valence-corrected chi connectivity index (χ3v) is 3.40. The van der Waals surface area contributed by atoms with Gasteiger partial charge in [0.1, 0.15) is 5.75 Å². The van der Waals surface area contributed by atoms with Crippen molar-refractivity contribution in [3.63, 3.8) is 0 Å². The molecule has 0 bridgehead atoms. The van der Waals surface area contributed by atoms with Crippen LogP contribution in [0.15, 0.2) is 35.7 Å². The first-order valence-electron chi connectivity index (χ1n) is 5.81. The van der Waals surface area contributed by atoms with Crippen LogP contribution in [-0.2, 0) is 5.75 Å². The summed E-state index contributed by atoms with van der Waals surface area (Å²) in [6.07, 6.45) is 3.55. The largest absolute Gasteiger partial charge is 0.496 e. The molecule has 3 N–H and O–H groups in total. The lowest BCUT2D eigenvalue weighted by Crippen LogP contribution is -1.94. The number of aromatic nitrogens is 2. The summed E-state index contributed by atoms with van der Waals surface area (Å²) in [5.41, 5.74) is 7.41. The number of thioether (sulfide) groups is 1. The lowest BCUT2D eigenvalue weighted by molar-refractivity contribution is 0.411. The van der Waals surface area contributed by atoms with Gasteiger partial charge in [-0.25, -0.2) is 4.98 Å². The average molecular weight is 273 g/mol. The number of aromatic amines is 1. The van der Waals surface area contributed by atoms with E-state index in [1.165, 1.54) is 0 Å². The molecule has 2 rings (SSSR count). The molecular formula is C14H15N3OS. The van der Waals surface area contributed by atoms with E-state index in [0.29, 0.717) is 6.54 Å². The van der Waals surface area contributed by atoms with E-state index in [2.05, 4.69) is 21.8 Å². The fourth-order valence-corrected chi connectivity index (χ4v) is 2.40. The van der Waals surface area contributed by atoms with Crippen molar-refractivity contribution in [2.75, 3.05) is 13.7 Å². The second-order valence-electron chi connectivity index (χ2n) is 3.72. The van der Waals surface area contributed by atoms with Crippen molar-refractivity contribution < 1.29 is 4.74 Å². The monoisotopic (exact) mass is 273 g/mol. The minimum atomic E-state index is 0.364. The number of nitrogens with zero attached hydrogens (tertiary/aromatic N) is 1. The number of methoxy groups -OCH3 is 1. The normalized spacial score (nSPS) is 9.79. The lowest BCUT2D eigenvalue weighted by atomic mass is 10.1. The van der Waals surface area contributed by atoms with Crippen LogP contribution in [0.4, 0.5) is 0 Å². The Hall–Kier alpha value is -1.90. The maximum atomic E-state index is 5.38. The van der Waals surface area contributed by atoms with Crippen molar-refractivity contribution in [2.24, 2.45) is 5.73 Å². The van der Waals surface area contributed by atoms with Gasteiger partial charge in [-0.15, -0.1) is 0 Å². The van der Waals surface area contributed by atoms with Gasteiger partial charge >= 0.3 is 0 Å². The number of hydrogen-bond acceptors (Lipinski definition) is 4. The number of rotatable bonds is 4. The Morgan fingerprint density at radius 3 is 3.05 bits per heavy atom. The van der Waals surface area contributed by atoms with Crippen molar-refractivity contribution in [2.45, 2.75) is 10.9 Å². The zero-order chi connectivity index (χ0) is 13.5. The first-order chi connectivity index (χ1) is 9.33. The summed E-state index contributed by atoms with van der Waals surface area (Å²) in [6, 6.07) is 5.89. The van der Waals surface area contributed by atoms with Gasteiger partial charge in [0.2, 0.25) is 0 Å². The van der Waals surface area contributed by atoms with E-state index >= 15 is 0 Å². The molecule has 0 aliphatic carbocycles. The highest BCUT2D eigenvalue weighted by Gasteiger charge is 2.05. The van der Waals surface area contributed by atoms with Crippen LogP contribution in [0.1, 0.15) is 11.1 Å². The quantitative estimate of drug-likeness (QED) is 0.661. The SMILES string of the molecule is COc1ccc(C#CCN)cc1CSc1ncc[nH]1. The molecule has 2 aromatic rings. The number of nitrogens with one attached hydrogen (secondary N) is 1. The van der Waals surface area contributed by atoms with E-state index in [0.717, 1.165) is 27.8 Å². The predicted octanol–water partition coefficient (Wildman–Crippen LogP) is 2.02. The molecule has 0 amide bonds. The van der Waals surface area contributed by atoms with Crippen LogP contribution in [0, 0.1) is 11.8 Å². The molecule has 98 valence electrons. The van der Waals surface area contributed by atoms with E-state index in [1.807, 2.05) is 24.4 Å². The summed E-state index contributed by atoms with van der Waals surface area (Å²) in [5.74, 6) is 7.51. The van der Waals surface area contributed by atoms with Gasteiger partial charge in [-0.3, -0.25) is 0 Å². The molecular weight excluding hydrogens is 258 g/mol. The van der Waals surface area contributed by atoms with E-state index in [1.54, 1.807) is 25.1 Å². The van der Waals surface area contributed by atoms with Gasteiger partial charge in [0.25, 0.3) is 0 Å². The maximum absolute atomic E-state index is 5.38. The number of benzene rings is 1. The molecule has 0 saturated heterocycles. The molecule has 0 aliphatic heterocycles. The summed E-state index contributed by atoms with van der Waals surface area (Å²) in [6.45, 7) is 0.364. The van der Waals surface area contributed by atoms with Crippen LogP contribution in [0.5, 0.6) is 5.75 Å². The van der Waals surface area contributed by atoms with Crippen LogP contribution in [-0.4, -0.2) is 23.6 Å². The molecule has 0 radical (unpaired) electrons. The fourth-order valence-electron chi connectivity index (χ4n) is 1.60. The van der Waals surface area contributed by atoms with Crippen LogP contribution in [0.25, 0.3) is 0 Å². The zero-order valence-electron chi connectivity index (χ0n) is 10.6. The van der Waals surface area contributed by atoms with Crippen LogP contribution >= 0.6 is 11.8 Å². The van der Waals surface area contributed by atoms with E-state index in [4.69, 9.17) is 10.5 Å². The molecule has 0 atom stereocenters. The molecule has 19 heavy (non-hydrogen) atoms. The molecule has 0 aliphatic rings. The van der Waals surface area contributed by atoms with Gasteiger partial charge in [-0.2, -0.15) is 0 Å². The summed E-state index contributed by atoms with van der Waals surface area (Å²) >= 11 is 1.62. The third-order valence-electron chi connectivity index (χ3n) is 2.45. The molecule has 1 aromatic carbocycles. The third kappa shape index (κ3) is 3.78. The van der Waals surface area contributed by atoms with Gasteiger partial charge in [0.05, 0.1) is 13.7 Å². The summed E-state index contributed by atoms with van der Waals surface area (Å²) in [7, 11) is 1.67. The summed E-state index contributed by atoms with van der Waals surface area (Å²) in [4.78, 5) is 7.24. The topological polar surface area (TPSA) is 63.9 Å². The Bertz CT molecular complexity index is 584. The Morgan fingerprint density at radius 2 is 2.37 bits per heavy atom. The molecule has 0 fully saturated rings. The van der Waals surface area contributed by atoms with Crippen molar-refractivity contribution in [3.8, 4) is 17.6 Å². The van der Waals surface area contributed by atoms with Crippen molar-refractivity contribution >= 4 is 11.8 Å². The highest BCUT2D eigenvalue weighted by molar-refractivity contribution is 7.98. The minimum Gasteiger partial charge on any atom is -0.496 e. The predicted molar refractivity (Wildman–Crippen MR) is 77.1 cm³/mol. The molecule has 0 saturated carbocycles. The highest BCUT2D eigenvalue weighted by atomic mass is 32.2. The van der Waals surface area contributed by atoms with E-state index in [9.17, 15) is 0 Å². The van der Waals surface area contributed by atoms with Crippen LogP contribution in [0.3, 0.4) is 0 Å². The van der Waals surface area contributed by atoms with E-state index < -0.39 is 0 Å². The Kier molecular flexibility index (Phi) is 4.90. The summed E-state index contributed by atoms with van der Waals surface area (Å²) < 4.78 is 5.36. The second kappa shape index (κ2) is 6.88. The number of imidazole rings is 1. The molecule has 4 nitrogen and oxygen atoms in total. The van der Waals surface area contributed by atoms with Gasteiger partial charge in [-0.05, 0) is 18.2 Å². The van der Waals surface area contributed by atoms with Gasteiger partial charge in [0.15, 0.2) is 5.16 Å². The van der Waals surface area contributed by atoms with Crippen LogP contribution in [0.2, 0.25) is 0 Å². The first-order valence-corrected chi connectivity index (χ1v) is 6.80. The number of ether oxygens (including phenoxy) is 1. The van der Waals surface area contributed by atoms with Crippen LogP contribution < -0.4 is 10.5 Å². The second-order valence-corrected chi connectivity index (χ2v) is 4.68. The maximum Gasteiger partial charge on any atom is 0.165 e. The highest BCUT2D eigenvalue weighted by Crippen LogP contribution is 2.26. The van der Waals surface area contributed by atoms with Gasteiger partial charge < -0.3 is 15.5 Å². The van der Waals surface area contributed by atoms with E-state index in [-0.39, 0.29) is 0 Å². The molecule has 5 heteroatoms. The molecule has 1 aromatic heterocycles. The summed E-state index contributed by atoms with van der Waals surface area (Å²) in [5, 5.41) is 0.889. The molecule has 0 unspecified atom stereocenters. The Labute approximate surface area is 116 Å². The smallest absolute Gasteiger partial charge is 0.165 e. The minimum absolute atomic E-state index is 0.364. The lowest BCUT2D eigenvalue weighted by Gasteiger charge is -2.08. The number of H-pyrrole nitrogens is 1. The standard InChI is InChI=1S/C14H15N3OS/c1-18-13-5-4-11(3-2-6-15)9-12(13)10-19-14-16-7-8-17-14/h4-5,7-9H,6,10,15H2,1H3,(H,16,17). The number of nitrogens with two attached hydrogens (primary N) is 1. The molecule has 1 heterocycles. The zero-order valence-corrected chi connectivity index (χ0v) is 11.5. The first kappa shape index (κ1) is 13.5. The van der Waals surface area contributed by atoms with Gasteiger partial charge in [-0.1, -0.05) is 23.6 Å². The van der Waals surface area contributed by atoms with Crippen molar-refractivity contribution in [1.82, 2.24) is 9.97 Å². The average Bonchev–Trinajstić information content (AvgIpc) is 2.96. The Balaban J connectivity index is 2.16. The number of hydrogen-bond donors (Lipinski definition) is 2. The van der Waals surface area contributed by atoms with Crippen molar-refractivity contribution in [1.29, 1.82) is 0 Å². The fraction of sp³-hybridized carbons (Fsp3) is 0.214. The Morgan fingerprint density at radius 1 is 1.47 bits per heavy atom. The van der Waals surface area contributed by atoms with Gasteiger partial charge in [0, 0.05) is 29.3 Å². The molecule has 0 spiro atoms. The van der Waals surface area contributed by atoms with Crippen molar-refractivity contribution in [3.05, 3.63) is 41.7 Å².